The minimum absolute atomic E-state index is 0.0475. The minimum Gasteiger partial charge on any atom is -0.384 e. The van der Waals surface area contributed by atoms with Gasteiger partial charge in [0.25, 0.3) is 0 Å². The maximum Gasteiger partial charge on any atom is 0.389 e. The van der Waals surface area contributed by atoms with Gasteiger partial charge in [-0.15, -0.1) is 0 Å². The second-order valence-electron chi connectivity index (χ2n) is 4.69. The largest absolute Gasteiger partial charge is 0.389 e. The lowest BCUT2D eigenvalue weighted by molar-refractivity contribution is -0.389. The SMILES string of the molecule is CC(O)(CNC(=O)Cn1ccc([N+](=O)[O-])n1)c1ccsc1. The highest BCUT2D eigenvalue weighted by Crippen LogP contribution is 2.21. The van der Waals surface area contributed by atoms with Crippen LogP contribution in [0.5, 0.6) is 0 Å². The van der Waals surface area contributed by atoms with E-state index in [1.807, 2.05) is 10.8 Å². The molecular weight excluding hydrogens is 296 g/mol. The van der Waals surface area contributed by atoms with E-state index in [1.165, 1.54) is 28.3 Å². The second kappa shape index (κ2) is 6.02. The van der Waals surface area contributed by atoms with Gasteiger partial charge in [0, 0.05) is 0 Å². The molecule has 21 heavy (non-hydrogen) atoms. The van der Waals surface area contributed by atoms with Gasteiger partial charge in [-0.1, -0.05) is 0 Å². The van der Waals surface area contributed by atoms with Crippen molar-refractivity contribution in [2.45, 2.75) is 19.1 Å². The summed E-state index contributed by atoms with van der Waals surface area (Å²) in [6, 6.07) is 3.00. The first-order valence-electron chi connectivity index (χ1n) is 6.08. The van der Waals surface area contributed by atoms with E-state index >= 15 is 0 Å². The molecule has 0 bridgehead atoms. The Balaban J connectivity index is 1.88. The van der Waals surface area contributed by atoms with Crippen molar-refractivity contribution < 1.29 is 14.8 Å². The van der Waals surface area contributed by atoms with Crippen molar-refractivity contribution in [1.29, 1.82) is 0 Å². The van der Waals surface area contributed by atoms with Crippen molar-refractivity contribution in [1.82, 2.24) is 15.1 Å². The van der Waals surface area contributed by atoms with Crippen LogP contribution in [0.2, 0.25) is 0 Å². The third kappa shape index (κ3) is 3.86. The summed E-state index contributed by atoms with van der Waals surface area (Å²) in [5, 5.41) is 30.6. The molecule has 0 fully saturated rings. The standard InChI is InChI=1S/C12H14N4O4S/c1-12(18,9-3-5-21-7-9)8-13-11(17)6-15-4-2-10(14-15)16(19)20/h2-5,7,18H,6,8H2,1H3,(H,13,17). The van der Waals surface area contributed by atoms with Crippen molar-refractivity contribution in [3.05, 3.63) is 44.8 Å². The summed E-state index contributed by atoms with van der Waals surface area (Å²) in [5.74, 6) is -0.698. The summed E-state index contributed by atoms with van der Waals surface area (Å²) in [6.07, 6.45) is 1.36. The summed E-state index contributed by atoms with van der Waals surface area (Å²) in [6.45, 7) is 1.51. The fourth-order valence-electron chi connectivity index (χ4n) is 1.68. The molecule has 0 radical (unpaired) electrons. The number of carbonyl (C=O) groups is 1. The third-order valence-corrected chi connectivity index (χ3v) is 3.58. The molecular formula is C12H14N4O4S. The number of thiophene rings is 1. The van der Waals surface area contributed by atoms with Gasteiger partial charge in [0.15, 0.2) is 0 Å². The number of rotatable bonds is 6. The molecule has 1 unspecified atom stereocenters. The van der Waals surface area contributed by atoms with Crippen molar-refractivity contribution in [3.63, 3.8) is 0 Å². The molecule has 8 nitrogen and oxygen atoms in total. The Morgan fingerprint density at radius 1 is 1.62 bits per heavy atom. The van der Waals surface area contributed by atoms with E-state index in [1.54, 1.807) is 13.0 Å². The van der Waals surface area contributed by atoms with Gasteiger partial charge in [-0.25, -0.2) is 0 Å². The van der Waals surface area contributed by atoms with Gasteiger partial charge in [-0.3, -0.25) is 4.79 Å². The van der Waals surface area contributed by atoms with E-state index in [9.17, 15) is 20.0 Å². The highest BCUT2D eigenvalue weighted by molar-refractivity contribution is 7.08. The first kappa shape index (κ1) is 15.1. The molecule has 2 aromatic rings. The van der Waals surface area contributed by atoms with Crippen LogP contribution in [-0.4, -0.2) is 32.3 Å². The average Bonchev–Trinajstić information content (AvgIpc) is 3.07. The number of aromatic nitrogens is 2. The Bertz CT molecular complexity index is 635. The van der Waals surface area contributed by atoms with Crippen LogP contribution in [0, 0.1) is 10.1 Å². The first-order chi connectivity index (χ1) is 9.88. The maximum absolute atomic E-state index is 11.8. The Morgan fingerprint density at radius 3 is 2.95 bits per heavy atom. The quantitative estimate of drug-likeness (QED) is 0.608. The molecule has 0 saturated carbocycles. The zero-order valence-electron chi connectivity index (χ0n) is 11.2. The number of nitrogens with one attached hydrogen (secondary N) is 1. The van der Waals surface area contributed by atoms with Gasteiger partial charge < -0.3 is 20.5 Å². The van der Waals surface area contributed by atoms with Crippen LogP contribution in [0.4, 0.5) is 5.82 Å². The van der Waals surface area contributed by atoms with Gasteiger partial charge in [0.1, 0.15) is 12.1 Å². The van der Waals surface area contributed by atoms with Crippen LogP contribution in [0.25, 0.3) is 0 Å². The summed E-state index contributed by atoms with van der Waals surface area (Å²) in [4.78, 5) is 21.6. The monoisotopic (exact) mass is 310 g/mol. The summed E-state index contributed by atoms with van der Waals surface area (Å²) in [7, 11) is 0. The Morgan fingerprint density at radius 2 is 2.38 bits per heavy atom. The van der Waals surface area contributed by atoms with Gasteiger partial charge >= 0.3 is 5.82 Å². The van der Waals surface area contributed by atoms with E-state index in [2.05, 4.69) is 10.4 Å². The van der Waals surface area contributed by atoms with Gasteiger partial charge in [-0.2, -0.15) is 16.0 Å². The molecule has 0 saturated heterocycles. The van der Waals surface area contributed by atoms with Crippen molar-refractivity contribution in [2.75, 3.05) is 6.54 Å². The van der Waals surface area contributed by atoms with Crippen LogP contribution in [-0.2, 0) is 16.9 Å². The van der Waals surface area contributed by atoms with E-state index in [-0.39, 0.29) is 24.8 Å². The van der Waals surface area contributed by atoms with E-state index in [0.29, 0.717) is 0 Å². The van der Waals surface area contributed by atoms with Crippen LogP contribution >= 0.6 is 11.3 Å². The second-order valence-corrected chi connectivity index (χ2v) is 5.47. The molecule has 0 aromatic carbocycles. The zero-order valence-corrected chi connectivity index (χ0v) is 12.0. The van der Waals surface area contributed by atoms with Crippen LogP contribution in [0.15, 0.2) is 29.1 Å². The van der Waals surface area contributed by atoms with Gasteiger partial charge in [-0.05, 0) is 34.2 Å². The predicted molar refractivity (Wildman–Crippen MR) is 75.8 cm³/mol. The number of carbonyl (C=O) groups excluding carboxylic acids is 1. The Kier molecular flexibility index (Phi) is 4.34. The molecule has 2 aromatic heterocycles. The van der Waals surface area contributed by atoms with E-state index < -0.39 is 10.5 Å². The lowest BCUT2D eigenvalue weighted by Crippen LogP contribution is -2.39. The smallest absolute Gasteiger partial charge is 0.384 e. The summed E-state index contributed by atoms with van der Waals surface area (Å²) in [5.41, 5.74) is -0.436. The Hall–Kier alpha value is -2.26. The lowest BCUT2D eigenvalue weighted by atomic mass is 9.99. The number of nitrogens with zero attached hydrogens (tertiary/aromatic N) is 3. The van der Waals surface area contributed by atoms with E-state index in [0.717, 1.165) is 5.56 Å². The maximum atomic E-state index is 11.8. The van der Waals surface area contributed by atoms with Crippen LogP contribution in [0.1, 0.15) is 12.5 Å². The lowest BCUT2D eigenvalue weighted by Gasteiger charge is -2.22. The number of amides is 1. The predicted octanol–water partition coefficient (Wildman–Crippen LogP) is 0.877. The topological polar surface area (TPSA) is 110 Å². The molecule has 2 heterocycles. The molecule has 0 aliphatic rings. The van der Waals surface area contributed by atoms with Gasteiger partial charge in [0.2, 0.25) is 5.91 Å². The first-order valence-corrected chi connectivity index (χ1v) is 7.02. The van der Waals surface area contributed by atoms with Crippen LogP contribution in [0.3, 0.4) is 0 Å². The molecule has 1 amide bonds. The average molecular weight is 310 g/mol. The fourth-order valence-corrected chi connectivity index (χ4v) is 2.47. The highest BCUT2D eigenvalue weighted by Gasteiger charge is 2.24. The van der Waals surface area contributed by atoms with Crippen molar-refractivity contribution in [2.24, 2.45) is 0 Å². The number of nitro groups is 1. The molecule has 0 aliphatic heterocycles. The van der Waals surface area contributed by atoms with E-state index in [4.69, 9.17) is 0 Å². The summed E-state index contributed by atoms with van der Waals surface area (Å²) < 4.78 is 1.17. The number of hydrogen-bond donors (Lipinski definition) is 2. The molecule has 2 N–H and O–H groups in total. The normalized spacial score (nSPS) is 13.6. The zero-order chi connectivity index (χ0) is 15.5. The van der Waals surface area contributed by atoms with Crippen molar-refractivity contribution in [3.8, 4) is 0 Å². The fraction of sp³-hybridized carbons (Fsp3) is 0.333. The number of aliphatic hydroxyl groups is 1. The molecule has 2 rings (SSSR count). The minimum atomic E-state index is -1.16. The van der Waals surface area contributed by atoms with Crippen LogP contribution < -0.4 is 5.32 Å². The molecule has 112 valence electrons. The third-order valence-electron chi connectivity index (χ3n) is 2.89. The summed E-state index contributed by atoms with van der Waals surface area (Å²) >= 11 is 1.46. The molecule has 9 heteroatoms. The van der Waals surface area contributed by atoms with Crippen molar-refractivity contribution >= 4 is 23.1 Å². The van der Waals surface area contributed by atoms with Gasteiger partial charge in [0.05, 0.1) is 23.9 Å². The highest BCUT2D eigenvalue weighted by atomic mass is 32.1. The molecule has 1 atom stereocenters. The molecule has 0 spiro atoms. The molecule has 0 aliphatic carbocycles. The Labute approximate surface area is 124 Å². The number of hydrogen-bond acceptors (Lipinski definition) is 6.